The Bertz CT molecular complexity index is 1640. The number of aryl methyl sites for hydroxylation is 3. The van der Waals surface area contributed by atoms with E-state index in [0.29, 0.717) is 33.9 Å². The molecule has 0 bridgehead atoms. The molecule has 0 fully saturated rings. The Balaban J connectivity index is 1.58. The van der Waals surface area contributed by atoms with Gasteiger partial charge in [-0.1, -0.05) is 23.8 Å². The van der Waals surface area contributed by atoms with Gasteiger partial charge in [0.05, 0.1) is 24.7 Å². The minimum atomic E-state index is -0.362. The molecule has 2 N–H and O–H groups in total. The topological polar surface area (TPSA) is 120 Å². The van der Waals surface area contributed by atoms with E-state index in [-0.39, 0.29) is 17.4 Å². The van der Waals surface area contributed by atoms with Gasteiger partial charge in [-0.3, -0.25) is 14.6 Å². The summed E-state index contributed by atoms with van der Waals surface area (Å²) in [6.45, 7) is 5.78. The van der Waals surface area contributed by atoms with E-state index in [4.69, 9.17) is 4.74 Å². The monoisotopic (exact) mass is 469 g/mol. The van der Waals surface area contributed by atoms with E-state index in [0.717, 1.165) is 16.8 Å². The number of hydrogen-bond donors (Lipinski definition) is 2. The van der Waals surface area contributed by atoms with Gasteiger partial charge in [0.15, 0.2) is 5.65 Å². The van der Waals surface area contributed by atoms with Crippen LogP contribution in [0.2, 0.25) is 0 Å². The number of rotatable bonds is 5. The van der Waals surface area contributed by atoms with Crippen LogP contribution in [0, 0.1) is 20.8 Å². The minimum absolute atomic E-state index is 0.156. The average Bonchev–Trinajstić information content (AvgIpc) is 3.42. The summed E-state index contributed by atoms with van der Waals surface area (Å²) in [6, 6.07) is 14.5. The lowest BCUT2D eigenvalue weighted by atomic mass is 10.1. The number of fused-ring (bicyclic) bond motifs is 1. The zero-order valence-electron chi connectivity index (χ0n) is 19.7. The second-order valence-corrected chi connectivity index (χ2v) is 8.24. The minimum Gasteiger partial charge on any atom is -0.497 e. The molecule has 10 heteroatoms. The Labute approximate surface area is 200 Å². The van der Waals surface area contributed by atoms with Gasteiger partial charge in [0, 0.05) is 11.6 Å². The molecular weight excluding hydrogens is 446 g/mol. The Morgan fingerprint density at radius 2 is 1.89 bits per heavy atom. The molecule has 0 unspecified atom stereocenters. The Morgan fingerprint density at radius 3 is 2.66 bits per heavy atom. The fourth-order valence-electron chi connectivity index (χ4n) is 3.93. The Hall–Kier alpha value is -4.73. The van der Waals surface area contributed by atoms with Crippen molar-refractivity contribution in [3.8, 4) is 17.4 Å². The third kappa shape index (κ3) is 4.05. The molecule has 0 aliphatic rings. The molecule has 0 saturated heterocycles. The molecule has 0 spiro atoms. The van der Waals surface area contributed by atoms with Gasteiger partial charge in [0.1, 0.15) is 17.0 Å². The Morgan fingerprint density at radius 1 is 1.06 bits per heavy atom. The maximum Gasteiger partial charge on any atom is 0.263 e. The first-order chi connectivity index (χ1) is 16.8. The van der Waals surface area contributed by atoms with Gasteiger partial charge < -0.3 is 10.1 Å². The molecule has 0 radical (unpaired) electrons. The van der Waals surface area contributed by atoms with Crippen molar-refractivity contribution in [1.82, 2.24) is 29.5 Å². The number of carbonyl (C=O) groups is 1. The molecular formula is C25H23N7O3. The second kappa shape index (κ2) is 8.56. The number of aromatic amines is 1. The highest BCUT2D eigenvalue weighted by Gasteiger charge is 2.18. The van der Waals surface area contributed by atoms with E-state index in [1.807, 2.05) is 32.0 Å². The van der Waals surface area contributed by atoms with E-state index in [9.17, 15) is 9.59 Å². The number of amides is 1. The number of carbonyl (C=O) groups excluding carboxylic acids is 1. The summed E-state index contributed by atoms with van der Waals surface area (Å²) in [5, 5.41) is 12.0. The van der Waals surface area contributed by atoms with Crippen molar-refractivity contribution in [1.29, 1.82) is 0 Å². The van der Waals surface area contributed by atoms with Crippen LogP contribution >= 0.6 is 0 Å². The lowest BCUT2D eigenvalue weighted by Gasteiger charge is -2.10. The fraction of sp³-hybridized carbons (Fsp3) is 0.160. The first-order valence-electron chi connectivity index (χ1n) is 10.9. The number of aromatic nitrogens is 6. The highest BCUT2D eigenvalue weighted by molar-refractivity contribution is 6.04. The standard InChI is InChI=1S/C25H23N7O3/c1-14-8-9-20(15(2)10-14)31-22-19(13-26-31)24(34)29-25(28-22)32-21(11-16(3)30-32)27-23(33)17-6-5-7-18(12-17)35-4/h5-13H,1-4H3,(H,27,33)(H,28,29,34). The summed E-state index contributed by atoms with van der Waals surface area (Å²) in [4.78, 5) is 33.2. The maximum absolute atomic E-state index is 12.9. The summed E-state index contributed by atoms with van der Waals surface area (Å²) < 4.78 is 8.23. The van der Waals surface area contributed by atoms with Crippen LogP contribution in [0.25, 0.3) is 22.7 Å². The van der Waals surface area contributed by atoms with Gasteiger partial charge in [0.2, 0.25) is 5.95 Å². The number of nitrogens with one attached hydrogen (secondary N) is 2. The first-order valence-corrected chi connectivity index (χ1v) is 10.9. The van der Waals surface area contributed by atoms with E-state index < -0.39 is 0 Å². The van der Waals surface area contributed by atoms with E-state index in [1.54, 1.807) is 41.9 Å². The van der Waals surface area contributed by atoms with Crippen molar-refractivity contribution in [3.05, 3.63) is 87.5 Å². The highest BCUT2D eigenvalue weighted by Crippen LogP contribution is 2.21. The van der Waals surface area contributed by atoms with Gasteiger partial charge in [-0.05, 0) is 50.6 Å². The average molecular weight is 470 g/mol. The normalized spacial score (nSPS) is 11.1. The van der Waals surface area contributed by atoms with Crippen LogP contribution in [0.3, 0.4) is 0 Å². The summed E-state index contributed by atoms with van der Waals surface area (Å²) in [5.74, 6) is 0.728. The number of H-pyrrole nitrogens is 1. The fourth-order valence-corrected chi connectivity index (χ4v) is 3.93. The van der Waals surface area contributed by atoms with Crippen molar-refractivity contribution in [2.45, 2.75) is 20.8 Å². The lowest BCUT2D eigenvalue weighted by Crippen LogP contribution is -2.19. The molecule has 35 heavy (non-hydrogen) atoms. The van der Waals surface area contributed by atoms with Crippen molar-refractivity contribution < 1.29 is 9.53 Å². The summed E-state index contributed by atoms with van der Waals surface area (Å²) in [5.41, 5.74) is 4.01. The number of anilines is 1. The van der Waals surface area contributed by atoms with Crippen LogP contribution in [0.4, 0.5) is 5.82 Å². The second-order valence-electron chi connectivity index (χ2n) is 8.24. The summed E-state index contributed by atoms with van der Waals surface area (Å²) in [6.07, 6.45) is 1.49. The number of methoxy groups -OCH3 is 1. The number of hydrogen-bond acceptors (Lipinski definition) is 6. The highest BCUT2D eigenvalue weighted by atomic mass is 16.5. The van der Waals surface area contributed by atoms with Crippen LogP contribution < -0.4 is 15.6 Å². The number of nitrogens with zero attached hydrogens (tertiary/aromatic N) is 5. The van der Waals surface area contributed by atoms with Crippen molar-refractivity contribution in [2.75, 3.05) is 12.4 Å². The lowest BCUT2D eigenvalue weighted by molar-refractivity contribution is 0.102. The quantitative estimate of drug-likeness (QED) is 0.407. The molecule has 0 saturated carbocycles. The molecule has 0 aliphatic heterocycles. The number of ether oxygens (including phenoxy) is 1. The Kier molecular flexibility index (Phi) is 5.40. The van der Waals surface area contributed by atoms with Crippen LogP contribution in [-0.2, 0) is 0 Å². The predicted octanol–water partition coefficient (Wildman–Crippen LogP) is 3.48. The van der Waals surface area contributed by atoms with Crippen LogP contribution in [0.15, 0.2) is 59.5 Å². The number of benzene rings is 2. The van der Waals surface area contributed by atoms with Crippen molar-refractivity contribution in [2.24, 2.45) is 0 Å². The first kappa shape index (κ1) is 22.1. The maximum atomic E-state index is 12.9. The molecule has 10 nitrogen and oxygen atoms in total. The molecule has 2 aromatic carbocycles. The van der Waals surface area contributed by atoms with Crippen LogP contribution in [-0.4, -0.2) is 42.5 Å². The SMILES string of the molecule is COc1cccc(C(=O)Nc2cc(C)nn2-c2nc3c(cnn3-c3ccc(C)cc3C)c(=O)[nH]2)c1. The molecule has 0 aliphatic carbocycles. The smallest absolute Gasteiger partial charge is 0.263 e. The summed E-state index contributed by atoms with van der Waals surface area (Å²) in [7, 11) is 1.54. The van der Waals surface area contributed by atoms with Crippen molar-refractivity contribution >= 4 is 22.8 Å². The molecule has 0 atom stereocenters. The van der Waals surface area contributed by atoms with Gasteiger partial charge in [0.25, 0.3) is 11.5 Å². The van der Waals surface area contributed by atoms with Crippen LogP contribution in [0.5, 0.6) is 5.75 Å². The molecule has 1 amide bonds. The van der Waals surface area contributed by atoms with Crippen molar-refractivity contribution in [3.63, 3.8) is 0 Å². The molecule has 176 valence electrons. The van der Waals surface area contributed by atoms with Gasteiger partial charge in [-0.25, -0.2) is 4.68 Å². The van der Waals surface area contributed by atoms with Gasteiger partial charge >= 0.3 is 0 Å². The van der Waals surface area contributed by atoms with E-state index in [1.165, 1.54) is 18.0 Å². The molecule has 3 heterocycles. The third-order valence-electron chi connectivity index (χ3n) is 5.61. The predicted molar refractivity (Wildman–Crippen MR) is 132 cm³/mol. The zero-order valence-corrected chi connectivity index (χ0v) is 19.7. The largest absolute Gasteiger partial charge is 0.497 e. The van der Waals surface area contributed by atoms with E-state index in [2.05, 4.69) is 25.5 Å². The van der Waals surface area contributed by atoms with Gasteiger partial charge in [-0.2, -0.15) is 19.9 Å². The van der Waals surface area contributed by atoms with Gasteiger partial charge in [-0.15, -0.1) is 0 Å². The zero-order chi connectivity index (χ0) is 24.7. The third-order valence-corrected chi connectivity index (χ3v) is 5.61. The summed E-state index contributed by atoms with van der Waals surface area (Å²) >= 11 is 0. The van der Waals surface area contributed by atoms with E-state index >= 15 is 0 Å². The van der Waals surface area contributed by atoms with Crippen LogP contribution in [0.1, 0.15) is 27.2 Å². The molecule has 3 aromatic heterocycles. The molecule has 5 aromatic rings. The molecule has 5 rings (SSSR count).